The molecule has 18 heavy (non-hydrogen) atoms. The first kappa shape index (κ1) is 15.0. The lowest BCUT2D eigenvalue weighted by Crippen LogP contribution is -2.58. The highest BCUT2D eigenvalue weighted by Crippen LogP contribution is 2.29. The molecule has 1 atom stereocenters. The van der Waals surface area contributed by atoms with Gasteiger partial charge in [-0.25, -0.2) is 0 Å². The molecule has 2 rings (SSSR count). The van der Waals surface area contributed by atoms with Crippen LogP contribution in [0.15, 0.2) is 30.3 Å². The molecule has 3 nitrogen and oxygen atoms in total. The summed E-state index contributed by atoms with van der Waals surface area (Å²) in [4.78, 5) is 11.8. The molecular formula is C14H21ClN2O. The molecule has 3 N–H and O–H groups in total. The summed E-state index contributed by atoms with van der Waals surface area (Å²) < 4.78 is 0. The average Bonchev–Trinajstić information content (AvgIpc) is 2.33. The minimum Gasteiger partial charge on any atom is -0.354 e. The molecule has 0 radical (unpaired) electrons. The van der Waals surface area contributed by atoms with Crippen LogP contribution in [-0.4, -0.2) is 18.0 Å². The number of carbonyl (C=O) groups excluding carboxylic acids is 1. The summed E-state index contributed by atoms with van der Waals surface area (Å²) in [7, 11) is 0. The van der Waals surface area contributed by atoms with Crippen molar-refractivity contribution in [2.75, 3.05) is 6.54 Å². The lowest BCUT2D eigenvalue weighted by molar-refractivity contribution is -0.129. The smallest absolute Gasteiger partial charge is 0.240 e. The number of hydrogen-bond donors (Lipinski definition) is 2. The van der Waals surface area contributed by atoms with E-state index >= 15 is 0 Å². The first-order valence-corrected chi connectivity index (χ1v) is 6.24. The van der Waals surface area contributed by atoms with Crippen molar-refractivity contribution in [1.82, 2.24) is 5.32 Å². The maximum atomic E-state index is 11.8. The molecular weight excluding hydrogens is 248 g/mol. The Labute approximate surface area is 115 Å². The Morgan fingerprint density at radius 2 is 2.00 bits per heavy atom. The van der Waals surface area contributed by atoms with E-state index in [1.54, 1.807) is 0 Å². The van der Waals surface area contributed by atoms with Gasteiger partial charge in [0.2, 0.25) is 5.91 Å². The maximum absolute atomic E-state index is 11.8. The lowest BCUT2D eigenvalue weighted by Gasteiger charge is -2.36. The largest absolute Gasteiger partial charge is 0.354 e. The zero-order valence-electron chi connectivity index (χ0n) is 10.7. The lowest BCUT2D eigenvalue weighted by atomic mass is 9.77. The van der Waals surface area contributed by atoms with Crippen LogP contribution in [0.1, 0.15) is 37.7 Å². The van der Waals surface area contributed by atoms with Crippen molar-refractivity contribution in [3.8, 4) is 0 Å². The molecule has 1 unspecified atom stereocenters. The van der Waals surface area contributed by atoms with Crippen LogP contribution in [-0.2, 0) is 4.79 Å². The molecule has 0 bridgehead atoms. The van der Waals surface area contributed by atoms with Crippen molar-refractivity contribution in [3.63, 3.8) is 0 Å². The molecule has 1 amide bonds. The van der Waals surface area contributed by atoms with Gasteiger partial charge in [-0.05, 0) is 30.7 Å². The third kappa shape index (κ3) is 3.24. The number of amides is 1. The van der Waals surface area contributed by atoms with Crippen molar-refractivity contribution in [2.24, 2.45) is 5.73 Å². The van der Waals surface area contributed by atoms with E-state index in [1.165, 1.54) is 5.56 Å². The van der Waals surface area contributed by atoms with Gasteiger partial charge in [-0.15, -0.1) is 12.4 Å². The van der Waals surface area contributed by atoms with Gasteiger partial charge in [-0.1, -0.05) is 37.3 Å². The van der Waals surface area contributed by atoms with E-state index in [0.717, 1.165) is 19.3 Å². The first-order chi connectivity index (χ1) is 8.12. The Morgan fingerprint density at radius 3 is 2.50 bits per heavy atom. The van der Waals surface area contributed by atoms with Gasteiger partial charge in [-0.2, -0.15) is 0 Å². The van der Waals surface area contributed by atoms with Crippen LogP contribution >= 0.6 is 12.4 Å². The van der Waals surface area contributed by atoms with Gasteiger partial charge in [0.1, 0.15) is 0 Å². The van der Waals surface area contributed by atoms with Gasteiger partial charge in [-0.3, -0.25) is 4.79 Å². The Bertz CT molecular complexity index is 390. The summed E-state index contributed by atoms with van der Waals surface area (Å²) in [6, 6.07) is 10.2. The quantitative estimate of drug-likeness (QED) is 0.880. The monoisotopic (exact) mass is 268 g/mol. The zero-order chi connectivity index (χ0) is 12.3. The summed E-state index contributed by atoms with van der Waals surface area (Å²) in [5.74, 6) is 0.329. The second-order valence-electron chi connectivity index (χ2n) is 5.03. The molecule has 1 aromatic carbocycles. The highest BCUT2D eigenvalue weighted by atomic mass is 35.5. The molecule has 0 aromatic heterocycles. The predicted octanol–water partition coefficient (Wildman–Crippen LogP) is 2.21. The van der Waals surface area contributed by atoms with Gasteiger partial charge in [0.15, 0.2) is 0 Å². The average molecular weight is 269 g/mol. The van der Waals surface area contributed by atoms with E-state index in [0.29, 0.717) is 12.5 Å². The highest BCUT2D eigenvalue weighted by Gasteiger charge is 2.39. The Morgan fingerprint density at radius 1 is 1.39 bits per heavy atom. The Hall–Kier alpha value is -1.06. The molecule has 0 aliphatic heterocycles. The first-order valence-electron chi connectivity index (χ1n) is 6.24. The SMILES string of the molecule is CC(CNC(=O)C1(N)CCC1)c1ccccc1.Cl. The summed E-state index contributed by atoms with van der Waals surface area (Å²) in [5.41, 5.74) is 6.62. The third-order valence-corrected chi connectivity index (χ3v) is 3.64. The molecule has 0 spiro atoms. The predicted molar refractivity (Wildman–Crippen MR) is 75.9 cm³/mol. The van der Waals surface area contributed by atoms with Gasteiger partial charge >= 0.3 is 0 Å². The molecule has 1 fully saturated rings. The number of hydrogen-bond acceptors (Lipinski definition) is 2. The second-order valence-corrected chi connectivity index (χ2v) is 5.03. The number of carbonyl (C=O) groups is 1. The van der Waals surface area contributed by atoms with Gasteiger partial charge in [0.05, 0.1) is 5.54 Å². The fraction of sp³-hybridized carbons (Fsp3) is 0.500. The molecule has 1 aromatic rings. The Kier molecular flexibility index (Phi) is 5.17. The maximum Gasteiger partial charge on any atom is 0.240 e. The van der Waals surface area contributed by atoms with Crippen molar-refractivity contribution in [3.05, 3.63) is 35.9 Å². The normalized spacial score (nSPS) is 18.1. The van der Waals surface area contributed by atoms with E-state index in [1.807, 2.05) is 18.2 Å². The van der Waals surface area contributed by atoms with Crippen LogP contribution < -0.4 is 11.1 Å². The van der Waals surface area contributed by atoms with Gasteiger partial charge < -0.3 is 11.1 Å². The standard InChI is InChI=1S/C14H20N2O.ClH/c1-11(12-6-3-2-4-7-12)10-16-13(17)14(15)8-5-9-14;/h2-4,6-7,11H,5,8-10,15H2,1H3,(H,16,17);1H. The van der Waals surface area contributed by atoms with E-state index in [4.69, 9.17) is 5.73 Å². The van der Waals surface area contributed by atoms with E-state index in [2.05, 4.69) is 24.4 Å². The Balaban J connectivity index is 0.00000162. The minimum absolute atomic E-state index is 0. The van der Waals surface area contributed by atoms with Crippen LogP contribution in [0.5, 0.6) is 0 Å². The van der Waals surface area contributed by atoms with Crippen LogP contribution in [0, 0.1) is 0 Å². The summed E-state index contributed by atoms with van der Waals surface area (Å²) in [6.07, 6.45) is 2.70. The number of nitrogens with two attached hydrogens (primary N) is 1. The second kappa shape index (κ2) is 6.21. The fourth-order valence-corrected chi connectivity index (χ4v) is 2.11. The molecule has 0 saturated heterocycles. The van der Waals surface area contributed by atoms with E-state index in [-0.39, 0.29) is 18.3 Å². The molecule has 0 heterocycles. The molecule has 100 valence electrons. The van der Waals surface area contributed by atoms with Crippen molar-refractivity contribution in [1.29, 1.82) is 0 Å². The van der Waals surface area contributed by atoms with E-state index < -0.39 is 5.54 Å². The van der Waals surface area contributed by atoms with Crippen molar-refractivity contribution < 1.29 is 4.79 Å². The van der Waals surface area contributed by atoms with E-state index in [9.17, 15) is 4.79 Å². The summed E-state index contributed by atoms with van der Waals surface area (Å²) in [6.45, 7) is 2.77. The molecule has 1 aliphatic rings. The zero-order valence-corrected chi connectivity index (χ0v) is 11.5. The fourth-order valence-electron chi connectivity index (χ4n) is 2.11. The summed E-state index contributed by atoms with van der Waals surface area (Å²) in [5, 5.41) is 2.96. The number of rotatable bonds is 4. The number of nitrogens with one attached hydrogen (secondary N) is 1. The highest BCUT2D eigenvalue weighted by molar-refractivity contribution is 5.87. The number of halogens is 1. The summed E-state index contributed by atoms with van der Waals surface area (Å²) >= 11 is 0. The molecule has 4 heteroatoms. The third-order valence-electron chi connectivity index (χ3n) is 3.64. The molecule has 1 aliphatic carbocycles. The number of benzene rings is 1. The van der Waals surface area contributed by atoms with Gasteiger partial charge in [0.25, 0.3) is 0 Å². The van der Waals surface area contributed by atoms with Crippen LogP contribution in [0.4, 0.5) is 0 Å². The van der Waals surface area contributed by atoms with Crippen molar-refractivity contribution >= 4 is 18.3 Å². The molecule has 1 saturated carbocycles. The van der Waals surface area contributed by atoms with Crippen LogP contribution in [0.25, 0.3) is 0 Å². The minimum atomic E-state index is -0.587. The topological polar surface area (TPSA) is 55.1 Å². The van der Waals surface area contributed by atoms with Gasteiger partial charge in [0, 0.05) is 6.54 Å². The van der Waals surface area contributed by atoms with Crippen LogP contribution in [0.3, 0.4) is 0 Å². The van der Waals surface area contributed by atoms with Crippen molar-refractivity contribution in [2.45, 2.75) is 37.6 Å². The van der Waals surface area contributed by atoms with Crippen LogP contribution in [0.2, 0.25) is 0 Å².